The molecule has 0 saturated heterocycles. The third-order valence-electron chi connectivity index (χ3n) is 2.53. The third kappa shape index (κ3) is 2.29. The van der Waals surface area contributed by atoms with Gasteiger partial charge < -0.3 is 10.4 Å². The molecule has 4 nitrogen and oxygen atoms in total. The molecule has 0 aliphatic heterocycles. The molecule has 17 heavy (non-hydrogen) atoms. The fraction of sp³-hybridized carbons (Fsp3) is 0.250. The molecule has 1 aromatic heterocycles. The highest BCUT2D eigenvalue weighted by Crippen LogP contribution is 2.22. The van der Waals surface area contributed by atoms with Crippen LogP contribution in [0.5, 0.6) is 5.75 Å². The van der Waals surface area contributed by atoms with Crippen LogP contribution in [0.25, 0.3) is 5.69 Å². The van der Waals surface area contributed by atoms with Gasteiger partial charge in [0.05, 0.1) is 6.20 Å². The van der Waals surface area contributed by atoms with Gasteiger partial charge in [-0.2, -0.15) is 9.49 Å². The number of para-hydroxylation sites is 2. The number of aromatic nitrogens is 2. The first-order valence-electron chi connectivity index (χ1n) is 5.39. The lowest BCUT2D eigenvalue weighted by molar-refractivity contribution is 0.459. The molecule has 0 radical (unpaired) electrons. The molecular formula is C12H14FN3O. The maximum atomic E-state index is 14.0. The summed E-state index contributed by atoms with van der Waals surface area (Å²) in [5.41, 5.74) is 0.878. The first-order chi connectivity index (χ1) is 8.24. The Morgan fingerprint density at radius 1 is 1.41 bits per heavy atom. The number of hydrogen-bond donors (Lipinski definition) is 2. The second kappa shape index (κ2) is 4.97. The number of halogens is 1. The lowest BCUT2D eigenvalue weighted by atomic mass is 10.2. The summed E-state index contributed by atoms with van der Waals surface area (Å²) in [5.74, 6) is -0.420. The summed E-state index contributed by atoms with van der Waals surface area (Å²) in [6, 6.07) is 6.53. The highest BCUT2D eigenvalue weighted by Gasteiger charge is 2.13. The van der Waals surface area contributed by atoms with Crippen molar-refractivity contribution in [2.24, 2.45) is 0 Å². The molecule has 90 valence electrons. The molecule has 5 heteroatoms. The van der Waals surface area contributed by atoms with E-state index in [4.69, 9.17) is 0 Å². The number of likely N-dealkylation sites (N-methyl/N-ethyl adjacent to an activating group) is 1. The zero-order valence-electron chi connectivity index (χ0n) is 9.52. The highest BCUT2D eigenvalue weighted by atomic mass is 19.1. The molecule has 0 aliphatic rings. The van der Waals surface area contributed by atoms with Gasteiger partial charge in [-0.1, -0.05) is 12.1 Å². The van der Waals surface area contributed by atoms with E-state index in [1.807, 2.05) is 7.05 Å². The van der Waals surface area contributed by atoms with E-state index in [1.165, 1.54) is 12.3 Å². The minimum absolute atomic E-state index is 0.00895. The Hall–Kier alpha value is -1.88. The van der Waals surface area contributed by atoms with Crippen molar-refractivity contribution in [1.82, 2.24) is 15.1 Å². The lowest BCUT2D eigenvalue weighted by Crippen LogP contribution is -2.11. The van der Waals surface area contributed by atoms with E-state index in [0.717, 1.165) is 4.68 Å². The normalized spacial score (nSPS) is 10.7. The molecule has 0 bridgehead atoms. The van der Waals surface area contributed by atoms with Gasteiger partial charge in [-0.3, -0.25) is 0 Å². The van der Waals surface area contributed by atoms with Crippen LogP contribution < -0.4 is 5.32 Å². The summed E-state index contributed by atoms with van der Waals surface area (Å²) >= 11 is 0. The van der Waals surface area contributed by atoms with Gasteiger partial charge in [-0.25, -0.2) is 4.68 Å². The molecule has 2 rings (SSSR count). The molecule has 0 atom stereocenters. The van der Waals surface area contributed by atoms with Gasteiger partial charge >= 0.3 is 0 Å². The quantitative estimate of drug-likeness (QED) is 0.844. The average Bonchev–Trinajstić information content (AvgIpc) is 2.69. The molecular weight excluding hydrogens is 221 g/mol. The minimum atomic E-state index is -0.429. The van der Waals surface area contributed by atoms with E-state index in [1.54, 1.807) is 18.2 Å². The van der Waals surface area contributed by atoms with Crippen LogP contribution in [0.2, 0.25) is 0 Å². The van der Waals surface area contributed by atoms with Crippen molar-refractivity contribution >= 4 is 0 Å². The Kier molecular flexibility index (Phi) is 3.39. The Bertz CT molecular complexity index is 510. The number of phenolic OH excluding ortho intramolecular Hbond substituents is 1. The van der Waals surface area contributed by atoms with Crippen molar-refractivity contribution in [3.8, 4) is 11.4 Å². The largest absolute Gasteiger partial charge is 0.506 e. The molecule has 2 aromatic rings. The van der Waals surface area contributed by atoms with Gasteiger partial charge in [0.15, 0.2) is 0 Å². The number of aromatic hydroxyl groups is 1. The van der Waals surface area contributed by atoms with Gasteiger partial charge in [-0.15, -0.1) is 0 Å². The van der Waals surface area contributed by atoms with E-state index >= 15 is 0 Å². The van der Waals surface area contributed by atoms with Crippen LogP contribution in [-0.2, 0) is 6.42 Å². The van der Waals surface area contributed by atoms with E-state index in [0.29, 0.717) is 24.2 Å². The number of hydrogen-bond acceptors (Lipinski definition) is 3. The lowest BCUT2D eigenvalue weighted by Gasteiger charge is -2.04. The SMILES string of the molecule is CNCCc1cnn(-c2ccccc2O)c1F. The highest BCUT2D eigenvalue weighted by molar-refractivity contribution is 5.45. The van der Waals surface area contributed by atoms with Crippen LogP contribution in [0.3, 0.4) is 0 Å². The van der Waals surface area contributed by atoms with Gasteiger partial charge in [0.25, 0.3) is 0 Å². The van der Waals surface area contributed by atoms with Crippen LogP contribution in [0.4, 0.5) is 4.39 Å². The van der Waals surface area contributed by atoms with E-state index in [9.17, 15) is 9.50 Å². The minimum Gasteiger partial charge on any atom is -0.506 e. The molecule has 0 fully saturated rings. The van der Waals surface area contributed by atoms with Crippen molar-refractivity contribution in [3.05, 3.63) is 42.0 Å². The molecule has 2 N–H and O–H groups in total. The number of phenols is 1. The topological polar surface area (TPSA) is 50.1 Å². The summed E-state index contributed by atoms with van der Waals surface area (Å²) in [6.07, 6.45) is 2.05. The summed E-state index contributed by atoms with van der Waals surface area (Å²) < 4.78 is 15.1. The number of rotatable bonds is 4. The van der Waals surface area contributed by atoms with Crippen LogP contribution in [-0.4, -0.2) is 28.5 Å². The molecule has 0 amide bonds. The second-order valence-corrected chi connectivity index (χ2v) is 3.71. The first kappa shape index (κ1) is 11.6. The number of nitrogens with zero attached hydrogens (tertiary/aromatic N) is 2. The van der Waals surface area contributed by atoms with Gasteiger partial charge in [0.1, 0.15) is 11.4 Å². The fourth-order valence-electron chi connectivity index (χ4n) is 1.61. The van der Waals surface area contributed by atoms with Crippen molar-refractivity contribution in [1.29, 1.82) is 0 Å². The number of nitrogens with one attached hydrogen (secondary N) is 1. The van der Waals surface area contributed by atoms with Crippen LogP contribution in [0, 0.1) is 5.95 Å². The third-order valence-corrected chi connectivity index (χ3v) is 2.53. The molecule has 0 spiro atoms. The standard InChI is InChI=1S/C12H14FN3O/c1-14-7-6-9-8-15-16(12(9)13)10-4-2-3-5-11(10)17/h2-5,8,14,17H,6-7H2,1H3. The van der Waals surface area contributed by atoms with Crippen LogP contribution in [0.15, 0.2) is 30.5 Å². The Morgan fingerprint density at radius 2 is 2.18 bits per heavy atom. The Balaban J connectivity index is 2.34. The monoisotopic (exact) mass is 235 g/mol. The van der Waals surface area contributed by atoms with Crippen LogP contribution in [0.1, 0.15) is 5.56 Å². The molecule has 0 unspecified atom stereocenters. The summed E-state index contributed by atoms with van der Waals surface area (Å²) in [6.45, 7) is 0.684. The predicted octanol–water partition coefficient (Wildman–Crippen LogP) is 1.48. The molecule has 0 saturated carbocycles. The van der Waals surface area contributed by atoms with Crippen molar-refractivity contribution in [2.45, 2.75) is 6.42 Å². The maximum absolute atomic E-state index is 14.0. The first-order valence-corrected chi connectivity index (χ1v) is 5.39. The second-order valence-electron chi connectivity index (χ2n) is 3.71. The van der Waals surface area contributed by atoms with E-state index in [2.05, 4.69) is 10.4 Å². The Labute approximate surface area is 98.7 Å². The summed E-state index contributed by atoms with van der Waals surface area (Å²) in [4.78, 5) is 0. The zero-order chi connectivity index (χ0) is 12.3. The van der Waals surface area contributed by atoms with Crippen molar-refractivity contribution in [3.63, 3.8) is 0 Å². The molecule has 0 aliphatic carbocycles. The maximum Gasteiger partial charge on any atom is 0.219 e. The molecule has 1 heterocycles. The van der Waals surface area contributed by atoms with Crippen LogP contribution >= 0.6 is 0 Å². The van der Waals surface area contributed by atoms with Crippen molar-refractivity contribution in [2.75, 3.05) is 13.6 Å². The Morgan fingerprint density at radius 3 is 2.88 bits per heavy atom. The van der Waals surface area contributed by atoms with E-state index in [-0.39, 0.29) is 5.75 Å². The van der Waals surface area contributed by atoms with Gasteiger partial charge in [0.2, 0.25) is 5.95 Å². The van der Waals surface area contributed by atoms with Gasteiger partial charge in [-0.05, 0) is 32.1 Å². The summed E-state index contributed by atoms with van der Waals surface area (Å²) in [5, 5.41) is 16.5. The molecule has 1 aromatic carbocycles. The van der Waals surface area contributed by atoms with E-state index < -0.39 is 5.95 Å². The average molecular weight is 235 g/mol. The van der Waals surface area contributed by atoms with Crippen molar-refractivity contribution < 1.29 is 9.50 Å². The van der Waals surface area contributed by atoms with Gasteiger partial charge in [0, 0.05) is 5.56 Å². The summed E-state index contributed by atoms with van der Waals surface area (Å²) in [7, 11) is 1.81. The smallest absolute Gasteiger partial charge is 0.219 e. The number of benzene rings is 1. The predicted molar refractivity (Wildman–Crippen MR) is 62.8 cm³/mol. The fourth-order valence-corrected chi connectivity index (χ4v) is 1.61. The zero-order valence-corrected chi connectivity index (χ0v) is 9.52.